The first-order valence-electron chi connectivity index (χ1n) is 23.6. The first-order valence-corrected chi connectivity index (χ1v) is 21.6. The summed E-state index contributed by atoms with van der Waals surface area (Å²) in [7, 11) is 0. The third kappa shape index (κ3) is 4.86. The molecule has 0 saturated carbocycles. The molecular formula is C59H37N5. The van der Waals surface area contributed by atoms with E-state index >= 15 is 0 Å². The first kappa shape index (κ1) is 31.2. The fraction of sp³-hybridized carbons (Fsp3) is 0. The van der Waals surface area contributed by atoms with E-state index in [2.05, 4.69) is 190 Å². The molecule has 0 bridgehead atoms. The lowest BCUT2D eigenvalue weighted by Gasteiger charge is -2.21. The maximum atomic E-state index is 9.49. The highest BCUT2D eigenvalue weighted by atomic mass is 15.1. The predicted molar refractivity (Wildman–Crippen MR) is 267 cm³/mol. The highest BCUT2D eigenvalue weighted by Crippen LogP contribution is 2.44. The van der Waals surface area contributed by atoms with Gasteiger partial charge in [-0.25, -0.2) is 4.98 Å². The summed E-state index contributed by atoms with van der Waals surface area (Å²) in [5, 5.41) is 7.97. The molecule has 0 N–H and O–H groups in total. The molecule has 0 aliphatic carbocycles. The second-order valence-corrected chi connectivity index (χ2v) is 16.4. The summed E-state index contributed by atoms with van der Waals surface area (Å²) in [6, 6.07) is 69.0. The number of hydrogen-bond acceptors (Lipinski definition) is 1. The molecule has 5 aromatic heterocycles. The van der Waals surface area contributed by atoms with Gasteiger partial charge >= 0.3 is 0 Å². The molecule has 0 saturated heterocycles. The van der Waals surface area contributed by atoms with Crippen molar-refractivity contribution in [2.45, 2.75) is 0 Å². The van der Waals surface area contributed by atoms with E-state index < -0.39 is 0 Å². The maximum absolute atomic E-state index is 9.49. The minimum atomic E-state index is -0.296. The van der Waals surface area contributed by atoms with Crippen LogP contribution in [0.5, 0.6) is 0 Å². The lowest BCUT2D eigenvalue weighted by Crippen LogP contribution is -2.07. The third-order valence-electron chi connectivity index (χ3n) is 13.1. The molecule has 0 unspecified atom stereocenters. The van der Waals surface area contributed by atoms with Gasteiger partial charge in [0.1, 0.15) is 5.82 Å². The zero-order valence-electron chi connectivity index (χ0n) is 38.3. The van der Waals surface area contributed by atoms with Crippen molar-refractivity contribution in [3.63, 3.8) is 0 Å². The standard InChI is InChI=1S/C59H37N5/c1-9-26-48-39(18-1)40-19-2-10-27-49(40)61(48)38-36-47(60-58(37-38)64-54-32-15-7-24-45(54)46-25-8-16-33-55(46)64)59-56(62-50-28-11-3-20-41(50)42-21-4-12-29-51(42)62)34-17-35-57(59)63-52-30-13-5-22-43(52)44-23-6-14-31-53(44)63/h1-37H/i7D,15D,24D,32D. The molecule has 64 heavy (non-hydrogen) atoms. The molecule has 5 heterocycles. The van der Waals surface area contributed by atoms with Crippen LogP contribution >= 0.6 is 0 Å². The Morgan fingerprint density at radius 3 is 1.11 bits per heavy atom. The lowest BCUT2D eigenvalue weighted by molar-refractivity contribution is 1.05. The Kier molecular flexibility index (Phi) is 6.54. The highest BCUT2D eigenvalue weighted by Gasteiger charge is 2.25. The van der Waals surface area contributed by atoms with Gasteiger partial charge in [-0.05, 0) is 66.7 Å². The fourth-order valence-electron chi connectivity index (χ4n) is 10.5. The summed E-state index contributed by atoms with van der Waals surface area (Å²) < 4.78 is 45.4. The maximum Gasteiger partial charge on any atom is 0.140 e. The summed E-state index contributed by atoms with van der Waals surface area (Å²) in [6.45, 7) is 0. The number of fused-ring (bicyclic) bond motifs is 12. The molecular weight excluding hydrogens is 779 g/mol. The fourth-order valence-corrected chi connectivity index (χ4v) is 10.5. The van der Waals surface area contributed by atoms with Crippen LogP contribution in [0.4, 0.5) is 0 Å². The molecule has 9 aromatic carbocycles. The van der Waals surface area contributed by atoms with Crippen LogP contribution in [0, 0.1) is 0 Å². The Morgan fingerprint density at radius 2 is 0.672 bits per heavy atom. The molecule has 0 amide bonds. The SMILES string of the molecule is [2H]c1c([2H])c([2H])c2c(c1[2H])c1ccccc1n2-c1cc(-n2c3ccccc3c3ccccc32)cc(-c2c(-n3c4ccccc4c4ccccc43)cccc2-n2c3ccccc3c3ccccc32)n1. The van der Waals surface area contributed by atoms with Gasteiger partial charge in [0.2, 0.25) is 0 Å². The van der Waals surface area contributed by atoms with E-state index in [-0.39, 0.29) is 24.2 Å². The van der Waals surface area contributed by atoms with Gasteiger partial charge < -0.3 is 13.7 Å². The van der Waals surface area contributed by atoms with E-state index in [4.69, 9.17) is 7.73 Å². The van der Waals surface area contributed by atoms with Crippen LogP contribution in [-0.2, 0) is 0 Å². The Labute approximate surface area is 373 Å². The van der Waals surface area contributed by atoms with E-state index in [0.29, 0.717) is 22.4 Å². The Balaban J connectivity index is 1.20. The smallest absolute Gasteiger partial charge is 0.140 e. The van der Waals surface area contributed by atoms with Crippen LogP contribution in [-0.4, -0.2) is 23.3 Å². The van der Waals surface area contributed by atoms with E-state index in [9.17, 15) is 2.74 Å². The van der Waals surface area contributed by atoms with Crippen LogP contribution in [0.3, 0.4) is 0 Å². The van der Waals surface area contributed by atoms with Gasteiger partial charge in [-0.3, -0.25) is 4.57 Å². The minimum absolute atomic E-state index is 0.0833. The summed E-state index contributed by atoms with van der Waals surface area (Å²) in [4.78, 5) is 5.77. The van der Waals surface area contributed by atoms with Gasteiger partial charge in [0.05, 0.1) is 72.4 Å². The molecule has 298 valence electrons. The van der Waals surface area contributed by atoms with Crippen molar-refractivity contribution in [3.8, 4) is 34.1 Å². The number of rotatable bonds is 5. The average Bonchev–Trinajstić information content (AvgIpc) is 4.12. The molecule has 14 rings (SSSR count). The van der Waals surface area contributed by atoms with Crippen molar-refractivity contribution in [2.75, 3.05) is 0 Å². The largest absolute Gasteiger partial charge is 0.309 e. The third-order valence-corrected chi connectivity index (χ3v) is 13.1. The Morgan fingerprint density at radius 1 is 0.312 bits per heavy atom. The van der Waals surface area contributed by atoms with Crippen LogP contribution in [0.25, 0.3) is 121 Å². The molecule has 0 radical (unpaired) electrons. The van der Waals surface area contributed by atoms with Crippen molar-refractivity contribution in [3.05, 3.63) is 224 Å². The summed E-state index contributed by atoms with van der Waals surface area (Å²) in [6.07, 6.45) is 0. The topological polar surface area (TPSA) is 32.6 Å². The second-order valence-electron chi connectivity index (χ2n) is 16.4. The second kappa shape index (κ2) is 13.4. The Hall–Kier alpha value is -8.67. The van der Waals surface area contributed by atoms with E-state index in [0.717, 1.165) is 98.9 Å². The van der Waals surface area contributed by atoms with E-state index in [1.54, 1.807) is 0 Å². The van der Waals surface area contributed by atoms with Crippen molar-refractivity contribution in [2.24, 2.45) is 0 Å². The average molecular weight is 820 g/mol. The minimum Gasteiger partial charge on any atom is -0.309 e. The van der Waals surface area contributed by atoms with Gasteiger partial charge in [0.15, 0.2) is 0 Å². The summed E-state index contributed by atoms with van der Waals surface area (Å²) >= 11 is 0. The molecule has 0 fully saturated rings. The quantitative estimate of drug-likeness (QED) is 0.170. The molecule has 0 aliphatic rings. The van der Waals surface area contributed by atoms with E-state index in [1.165, 1.54) is 0 Å². The molecule has 0 atom stereocenters. The number of nitrogens with zero attached hydrogens (tertiary/aromatic N) is 5. The number of hydrogen-bond donors (Lipinski definition) is 0. The zero-order chi connectivity index (χ0) is 45.4. The number of pyridine rings is 1. The van der Waals surface area contributed by atoms with Crippen LogP contribution < -0.4 is 0 Å². The van der Waals surface area contributed by atoms with E-state index in [1.807, 2.05) is 28.8 Å². The van der Waals surface area contributed by atoms with Gasteiger partial charge in [-0.1, -0.05) is 152 Å². The van der Waals surface area contributed by atoms with Crippen LogP contribution in [0.15, 0.2) is 224 Å². The van der Waals surface area contributed by atoms with Crippen molar-refractivity contribution in [1.82, 2.24) is 23.3 Å². The number of para-hydroxylation sites is 8. The van der Waals surface area contributed by atoms with Crippen LogP contribution in [0.1, 0.15) is 5.48 Å². The van der Waals surface area contributed by atoms with Gasteiger partial charge in [-0.15, -0.1) is 0 Å². The lowest BCUT2D eigenvalue weighted by atomic mass is 10.0. The van der Waals surface area contributed by atoms with Crippen LogP contribution in [0.2, 0.25) is 0 Å². The zero-order valence-corrected chi connectivity index (χ0v) is 34.3. The molecule has 0 aliphatic heterocycles. The number of aromatic nitrogens is 5. The van der Waals surface area contributed by atoms with Gasteiger partial charge in [0, 0.05) is 54.7 Å². The highest BCUT2D eigenvalue weighted by molar-refractivity contribution is 6.13. The Bertz CT molecular complexity index is 4160. The van der Waals surface area contributed by atoms with Crippen molar-refractivity contribution < 1.29 is 5.48 Å². The van der Waals surface area contributed by atoms with Gasteiger partial charge in [-0.2, -0.15) is 0 Å². The molecule has 5 nitrogen and oxygen atoms in total. The molecule has 5 heteroatoms. The monoisotopic (exact) mass is 819 g/mol. The summed E-state index contributed by atoms with van der Waals surface area (Å²) in [5.41, 5.74) is 11.7. The molecule has 14 aromatic rings. The summed E-state index contributed by atoms with van der Waals surface area (Å²) in [5.74, 6) is 0.515. The van der Waals surface area contributed by atoms with Crippen molar-refractivity contribution >= 4 is 87.2 Å². The first-order chi connectivity index (χ1) is 33.5. The van der Waals surface area contributed by atoms with Gasteiger partial charge in [0.25, 0.3) is 0 Å². The number of benzene rings is 9. The predicted octanol–water partition coefficient (Wildman–Crippen LogP) is 15.1. The van der Waals surface area contributed by atoms with Crippen molar-refractivity contribution in [1.29, 1.82) is 0 Å². The normalized spacial score (nSPS) is 12.9. The molecule has 0 spiro atoms.